The number of ketones is 1. The number of Topliss-reactive ketones (excluding diaryl/α,β-unsaturated/α-hetero) is 1. The van der Waals surface area contributed by atoms with Crippen molar-refractivity contribution >= 4 is 27.8 Å². The summed E-state index contributed by atoms with van der Waals surface area (Å²) in [5.74, 6) is 0.297. The van der Waals surface area contributed by atoms with E-state index in [4.69, 9.17) is 0 Å². The van der Waals surface area contributed by atoms with E-state index in [1.54, 1.807) is 0 Å². The van der Waals surface area contributed by atoms with Crippen molar-refractivity contribution < 1.29 is 4.79 Å². The number of hydrogen-bond donors (Lipinski definition) is 0. The number of benzene rings is 1. The quantitative estimate of drug-likeness (QED) is 0.796. The average molecular weight is 308 g/mol. The van der Waals surface area contributed by atoms with Crippen molar-refractivity contribution in [3.63, 3.8) is 0 Å². The third-order valence-corrected chi connectivity index (χ3v) is 3.69. The molecule has 1 saturated heterocycles. The number of rotatable bonds is 3. The second-order valence-corrected chi connectivity index (χ2v) is 5.59. The average Bonchev–Trinajstić information content (AvgIpc) is 2.36. The van der Waals surface area contributed by atoms with E-state index in [2.05, 4.69) is 27.8 Å². The Morgan fingerprint density at radius 1 is 1.33 bits per heavy atom. The third-order valence-electron chi connectivity index (χ3n) is 3.16. The lowest BCUT2D eigenvalue weighted by molar-refractivity contribution is -0.117. The highest BCUT2D eigenvalue weighted by Gasteiger charge is 2.20. The maximum absolute atomic E-state index is 11.9. The molecule has 1 aliphatic rings. The summed E-state index contributed by atoms with van der Waals surface area (Å²) in [7, 11) is 0. The van der Waals surface area contributed by atoms with Gasteiger partial charge in [-0.2, -0.15) is 0 Å². The lowest BCUT2D eigenvalue weighted by atomic mass is 10.0. The van der Waals surface area contributed by atoms with Crippen LogP contribution in [0.15, 0.2) is 34.3 Å². The summed E-state index contributed by atoms with van der Waals surface area (Å²) < 4.78 is 1.06. The molecule has 1 aromatic rings. The monoisotopic (exact) mass is 307 g/mol. The van der Waals surface area contributed by atoms with Gasteiger partial charge in [-0.1, -0.05) is 35.0 Å². The summed E-state index contributed by atoms with van der Waals surface area (Å²) in [6.07, 6.45) is 3.82. The zero-order valence-electron chi connectivity index (χ0n) is 10.7. The topological polar surface area (TPSA) is 20.3 Å². The SMILES string of the molecule is CCCN1CCC(=O)/C(=C/c2ccc(Br)cc2)C1. The summed E-state index contributed by atoms with van der Waals surface area (Å²) in [6, 6.07) is 8.07. The molecule has 1 aromatic carbocycles. The Balaban J connectivity index is 2.14. The van der Waals surface area contributed by atoms with Gasteiger partial charge in [0, 0.05) is 29.6 Å². The first-order valence-electron chi connectivity index (χ1n) is 6.40. The number of nitrogens with zero attached hydrogens (tertiary/aromatic N) is 1. The van der Waals surface area contributed by atoms with Crippen molar-refractivity contribution in [3.8, 4) is 0 Å². The maximum Gasteiger partial charge on any atom is 0.161 e. The molecule has 0 bridgehead atoms. The van der Waals surface area contributed by atoms with Crippen LogP contribution in [0.3, 0.4) is 0 Å². The predicted molar refractivity (Wildman–Crippen MR) is 78.5 cm³/mol. The lowest BCUT2D eigenvalue weighted by Crippen LogP contribution is -2.36. The molecule has 0 aromatic heterocycles. The molecule has 0 spiro atoms. The van der Waals surface area contributed by atoms with Crippen molar-refractivity contribution in [2.45, 2.75) is 19.8 Å². The van der Waals surface area contributed by atoms with Gasteiger partial charge < -0.3 is 0 Å². The highest BCUT2D eigenvalue weighted by atomic mass is 79.9. The molecule has 0 unspecified atom stereocenters. The Kier molecular flexibility index (Phi) is 4.72. The number of carbonyl (C=O) groups is 1. The molecule has 0 N–H and O–H groups in total. The van der Waals surface area contributed by atoms with Gasteiger partial charge in [-0.3, -0.25) is 9.69 Å². The van der Waals surface area contributed by atoms with Crippen LogP contribution in [0.5, 0.6) is 0 Å². The summed E-state index contributed by atoms with van der Waals surface area (Å²) in [5, 5.41) is 0. The molecular weight excluding hydrogens is 290 g/mol. The Morgan fingerprint density at radius 3 is 2.72 bits per heavy atom. The zero-order chi connectivity index (χ0) is 13.0. The van der Waals surface area contributed by atoms with Gasteiger partial charge in [0.05, 0.1) is 0 Å². The van der Waals surface area contributed by atoms with E-state index in [9.17, 15) is 4.79 Å². The van der Waals surface area contributed by atoms with Crippen LogP contribution in [0, 0.1) is 0 Å². The van der Waals surface area contributed by atoms with Gasteiger partial charge in [0.25, 0.3) is 0 Å². The minimum atomic E-state index is 0.297. The van der Waals surface area contributed by atoms with Crippen molar-refractivity contribution in [3.05, 3.63) is 39.9 Å². The van der Waals surface area contributed by atoms with Crippen molar-refractivity contribution in [2.75, 3.05) is 19.6 Å². The molecule has 0 amide bonds. The second-order valence-electron chi connectivity index (χ2n) is 4.67. The van der Waals surface area contributed by atoms with Crippen LogP contribution in [0.25, 0.3) is 6.08 Å². The van der Waals surface area contributed by atoms with Crippen LogP contribution in [0.1, 0.15) is 25.3 Å². The van der Waals surface area contributed by atoms with Crippen LogP contribution in [0.4, 0.5) is 0 Å². The number of likely N-dealkylation sites (tertiary alicyclic amines) is 1. The highest BCUT2D eigenvalue weighted by molar-refractivity contribution is 9.10. The summed E-state index contributed by atoms with van der Waals surface area (Å²) in [5.41, 5.74) is 2.04. The van der Waals surface area contributed by atoms with Crippen LogP contribution < -0.4 is 0 Å². The fraction of sp³-hybridized carbons (Fsp3) is 0.400. The number of carbonyl (C=O) groups excluding carboxylic acids is 1. The number of piperidine rings is 1. The molecule has 3 heteroatoms. The molecule has 0 saturated carbocycles. The van der Waals surface area contributed by atoms with E-state index in [0.29, 0.717) is 12.2 Å². The molecule has 18 heavy (non-hydrogen) atoms. The fourth-order valence-corrected chi connectivity index (χ4v) is 2.49. The smallest absolute Gasteiger partial charge is 0.161 e. The largest absolute Gasteiger partial charge is 0.299 e. The molecule has 1 heterocycles. The van der Waals surface area contributed by atoms with E-state index in [1.165, 1.54) is 0 Å². The molecule has 96 valence electrons. The van der Waals surface area contributed by atoms with E-state index < -0.39 is 0 Å². The fourth-order valence-electron chi connectivity index (χ4n) is 2.22. The van der Waals surface area contributed by atoms with Gasteiger partial charge in [-0.15, -0.1) is 0 Å². The zero-order valence-corrected chi connectivity index (χ0v) is 12.2. The van der Waals surface area contributed by atoms with Gasteiger partial charge in [-0.25, -0.2) is 0 Å². The van der Waals surface area contributed by atoms with Gasteiger partial charge in [0.1, 0.15) is 0 Å². The predicted octanol–water partition coefficient (Wildman–Crippen LogP) is 3.52. The summed E-state index contributed by atoms with van der Waals surface area (Å²) >= 11 is 3.42. The first kappa shape index (κ1) is 13.5. The van der Waals surface area contributed by atoms with Gasteiger partial charge >= 0.3 is 0 Å². The lowest BCUT2D eigenvalue weighted by Gasteiger charge is -2.27. The van der Waals surface area contributed by atoms with Gasteiger partial charge in [0.2, 0.25) is 0 Å². The van der Waals surface area contributed by atoms with E-state index in [0.717, 1.165) is 41.7 Å². The van der Waals surface area contributed by atoms with Crippen molar-refractivity contribution in [2.24, 2.45) is 0 Å². The Bertz CT molecular complexity index is 450. The van der Waals surface area contributed by atoms with E-state index in [-0.39, 0.29) is 0 Å². The standard InChI is InChI=1S/C15H18BrNO/c1-2-8-17-9-7-15(18)13(11-17)10-12-3-5-14(16)6-4-12/h3-6,10H,2,7-9,11H2,1H3/b13-10+. The summed E-state index contributed by atoms with van der Waals surface area (Å²) in [6.45, 7) is 4.95. The molecule has 2 nitrogen and oxygen atoms in total. The van der Waals surface area contributed by atoms with Crippen molar-refractivity contribution in [1.82, 2.24) is 4.90 Å². The molecule has 0 radical (unpaired) electrons. The normalized spacial score (nSPS) is 19.4. The number of hydrogen-bond acceptors (Lipinski definition) is 2. The van der Waals surface area contributed by atoms with Crippen LogP contribution in [0.2, 0.25) is 0 Å². The molecule has 0 atom stereocenters. The molecule has 1 aliphatic heterocycles. The highest BCUT2D eigenvalue weighted by Crippen LogP contribution is 2.18. The summed E-state index contributed by atoms with van der Waals surface area (Å²) in [4.78, 5) is 14.3. The van der Waals surface area contributed by atoms with Gasteiger partial charge in [-0.05, 0) is 36.7 Å². The van der Waals surface area contributed by atoms with Crippen LogP contribution in [-0.2, 0) is 4.79 Å². The van der Waals surface area contributed by atoms with Crippen molar-refractivity contribution in [1.29, 1.82) is 0 Å². The van der Waals surface area contributed by atoms with Crippen LogP contribution >= 0.6 is 15.9 Å². The molecule has 1 fully saturated rings. The van der Waals surface area contributed by atoms with E-state index in [1.807, 2.05) is 30.3 Å². The van der Waals surface area contributed by atoms with E-state index >= 15 is 0 Å². The molecule has 0 aliphatic carbocycles. The maximum atomic E-state index is 11.9. The molecule has 2 rings (SSSR count). The number of halogens is 1. The van der Waals surface area contributed by atoms with Crippen LogP contribution in [-0.4, -0.2) is 30.3 Å². The first-order valence-corrected chi connectivity index (χ1v) is 7.20. The minimum absolute atomic E-state index is 0.297. The third kappa shape index (κ3) is 3.53. The Hall–Kier alpha value is -0.930. The minimum Gasteiger partial charge on any atom is -0.299 e. The second kappa shape index (κ2) is 6.30. The molecular formula is C15H18BrNO. The Labute approximate surface area is 117 Å². The Morgan fingerprint density at radius 2 is 2.06 bits per heavy atom. The van der Waals surface area contributed by atoms with Gasteiger partial charge in [0.15, 0.2) is 5.78 Å². The first-order chi connectivity index (χ1) is 8.69.